The number of allylic oxidation sites excluding steroid dienone is 4. The second-order valence-corrected chi connectivity index (χ2v) is 13.4. The molecular formula is C35H35F3O7. The number of Topliss-reactive ketones (excluding diaryl/α,β-unsaturated/α-hetero) is 1. The van der Waals surface area contributed by atoms with Crippen LogP contribution in [-0.4, -0.2) is 58.0 Å². The SMILES string of the molecule is CC12C=CC(=O)C=C1[C@@H](F)CC1[C@@H]3C[C@H]4O[C@@H](c5ccc(COc6ccccc6)c(F)c5)O[C@@]4(C(=O)CO)[C@@]3(C)C[C@H](O)[C@@]12F. The number of fused-ring (bicyclic) bond motifs is 7. The smallest absolute Gasteiger partial charge is 0.193 e. The van der Waals surface area contributed by atoms with Crippen molar-refractivity contribution in [3.63, 3.8) is 0 Å². The monoisotopic (exact) mass is 624 g/mol. The van der Waals surface area contributed by atoms with Crippen molar-refractivity contribution in [3.8, 4) is 5.75 Å². The number of aliphatic hydroxyl groups excluding tert-OH is 2. The number of benzene rings is 2. The highest BCUT2D eigenvalue weighted by molar-refractivity contribution is 6.01. The maximum absolute atomic E-state index is 17.5. The van der Waals surface area contributed by atoms with Crippen molar-refractivity contribution >= 4 is 11.6 Å². The van der Waals surface area contributed by atoms with Crippen LogP contribution in [0.3, 0.4) is 0 Å². The van der Waals surface area contributed by atoms with E-state index in [1.807, 2.05) is 18.2 Å². The van der Waals surface area contributed by atoms with Crippen LogP contribution in [0.1, 0.15) is 50.5 Å². The molecule has 1 saturated heterocycles. The highest BCUT2D eigenvalue weighted by Crippen LogP contribution is 2.72. The van der Waals surface area contributed by atoms with E-state index in [9.17, 15) is 19.8 Å². The summed E-state index contributed by atoms with van der Waals surface area (Å²) < 4.78 is 66.9. The number of hydrogen-bond donors (Lipinski definition) is 2. The average molecular weight is 625 g/mol. The largest absolute Gasteiger partial charge is 0.489 e. The van der Waals surface area contributed by atoms with E-state index in [1.165, 1.54) is 25.1 Å². The highest BCUT2D eigenvalue weighted by atomic mass is 19.1. The molecule has 3 saturated carbocycles. The van der Waals surface area contributed by atoms with Gasteiger partial charge in [-0.2, -0.15) is 0 Å². The van der Waals surface area contributed by atoms with Crippen LogP contribution in [0, 0.1) is 28.5 Å². The van der Waals surface area contributed by atoms with Crippen LogP contribution in [0.5, 0.6) is 5.75 Å². The summed E-state index contributed by atoms with van der Waals surface area (Å²) in [5.74, 6) is -2.85. The van der Waals surface area contributed by atoms with E-state index in [2.05, 4.69) is 0 Å². The molecule has 0 radical (unpaired) electrons. The van der Waals surface area contributed by atoms with Gasteiger partial charge in [0.2, 0.25) is 0 Å². The Labute approximate surface area is 258 Å². The third-order valence-electron chi connectivity index (χ3n) is 11.4. The number of para-hydroxylation sites is 1. The number of carbonyl (C=O) groups excluding carboxylic acids is 2. The zero-order valence-electron chi connectivity index (χ0n) is 24.9. The molecule has 5 aliphatic rings. The topological polar surface area (TPSA) is 102 Å². The minimum atomic E-state index is -2.34. The molecule has 2 unspecified atom stereocenters. The normalized spacial score (nSPS) is 41.5. The number of halogens is 3. The van der Waals surface area contributed by atoms with E-state index >= 15 is 13.2 Å². The van der Waals surface area contributed by atoms with Gasteiger partial charge in [0.15, 0.2) is 29.1 Å². The predicted molar refractivity (Wildman–Crippen MR) is 155 cm³/mol. The van der Waals surface area contributed by atoms with Crippen molar-refractivity contribution in [3.05, 3.63) is 89.3 Å². The van der Waals surface area contributed by atoms with E-state index in [-0.39, 0.29) is 31.4 Å². The first-order chi connectivity index (χ1) is 21.4. The molecule has 1 aliphatic heterocycles. The molecular weight excluding hydrogens is 589 g/mol. The summed E-state index contributed by atoms with van der Waals surface area (Å²) in [4.78, 5) is 25.8. The Morgan fingerprint density at radius 1 is 1.11 bits per heavy atom. The first kappa shape index (κ1) is 30.3. The van der Waals surface area contributed by atoms with Crippen molar-refractivity contribution < 1.29 is 47.2 Å². The average Bonchev–Trinajstić information content (AvgIpc) is 3.52. The van der Waals surface area contributed by atoms with Crippen molar-refractivity contribution in [1.29, 1.82) is 0 Å². The van der Waals surface area contributed by atoms with Crippen molar-refractivity contribution in [1.82, 2.24) is 0 Å². The number of hydrogen-bond acceptors (Lipinski definition) is 7. The zero-order chi connectivity index (χ0) is 31.9. The lowest BCUT2D eigenvalue weighted by molar-refractivity contribution is -0.235. The van der Waals surface area contributed by atoms with Crippen LogP contribution in [0.25, 0.3) is 0 Å². The second kappa shape index (κ2) is 10.4. The molecule has 0 bridgehead atoms. The Hall–Kier alpha value is -3.31. The second-order valence-electron chi connectivity index (χ2n) is 13.4. The van der Waals surface area contributed by atoms with Gasteiger partial charge >= 0.3 is 0 Å². The molecule has 10 atom stereocenters. The van der Waals surface area contributed by atoms with E-state index in [0.717, 1.165) is 6.08 Å². The fourth-order valence-electron chi connectivity index (χ4n) is 9.22. The molecule has 1 heterocycles. The molecule has 238 valence electrons. The Morgan fingerprint density at radius 2 is 1.87 bits per heavy atom. The Bertz CT molecular complexity index is 1610. The Balaban J connectivity index is 1.20. The van der Waals surface area contributed by atoms with E-state index in [0.29, 0.717) is 16.9 Å². The molecule has 2 N–H and O–H groups in total. The fraction of sp³-hybridized carbons (Fsp3) is 0.486. The number of rotatable bonds is 6. The molecule has 0 aromatic heterocycles. The molecule has 2 aromatic rings. The molecule has 4 fully saturated rings. The van der Waals surface area contributed by atoms with Crippen molar-refractivity contribution in [2.75, 3.05) is 6.61 Å². The van der Waals surface area contributed by atoms with E-state index in [4.69, 9.17) is 14.2 Å². The van der Waals surface area contributed by atoms with Gasteiger partial charge in [0, 0.05) is 27.9 Å². The lowest BCUT2D eigenvalue weighted by atomic mass is 9.44. The number of aliphatic hydroxyl groups is 2. The van der Waals surface area contributed by atoms with Gasteiger partial charge in [-0.05, 0) is 68.0 Å². The molecule has 10 heteroatoms. The zero-order valence-corrected chi connectivity index (χ0v) is 24.9. The van der Waals surface area contributed by atoms with Gasteiger partial charge in [-0.1, -0.05) is 43.3 Å². The molecule has 2 aromatic carbocycles. The summed E-state index contributed by atoms with van der Waals surface area (Å²) >= 11 is 0. The van der Waals surface area contributed by atoms with Gasteiger partial charge in [0.05, 0.1) is 12.2 Å². The lowest BCUT2D eigenvalue weighted by Gasteiger charge is -2.63. The Kier molecular flexibility index (Phi) is 6.98. The molecule has 0 spiro atoms. The summed E-state index contributed by atoms with van der Waals surface area (Å²) in [6.07, 6.45) is -2.22. The maximum Gasteiger partial charge on any atom is 0.193 e. The molecule has 45 heavy (non-hydrogen) atoms. The maximum atomic E-state index is 17.5. The first-order valence-electron chi connectivity index (χ1n) is 15.3. The molecule has 0 amide bonds. The summed E-state index contributed by atoms with van der Waals surface area (Å²) in [5, 5.41) is 21.8. The van der Waals surface area contributed by atoms with Crippen LogP contribution in [0.15, 0.2) is 72.3 Å². The van der Waals surface area contributed by atoms with Gasteiger partial charge in [-0.25, -0.2) is 13.2 Å². The van der Waals surface area contributed by atoms with Crippen molar-refractivity contribution in [2.45, 2.75) is 75.7 Å². The third-order valence-corrected chi connectivity index (χ3v) is 11.4. The van der Waals surface area contributed by atoms with E-state index in [1.54, 1.807) is 31.2 Å². The number of alkyl halides is 2. The van der Waals surface area contributed by atoms with Gasteiger partial charge in [-0.3, -0.25) is 9.59 Å². The van der Waals surface area contributed by atoms with Crippen LogP contribution in [0.4, 0.5) is 13.2 Å². The lowest BCUT2D eigenvalue weighted by Crippen LogP contribution is -2.70. The fourth-order valence-corrected chi connectivity index (χ4v) is 9.22. The van der Waals surface area contributed by atoms with Crippen LogP contribution in [-0.2, 0) is 25.7 Å². The standard InChI is InChI=1S/C35H35F3O7/c1-32-11-10-21(40)13-25(32)27(37)14-24-23-15-30-35(29(42)17-39,33(23,2)16-28(41)34(24,32)38)45-31(44-30)19-8-9-20(26(36)12-19)18-43-22-6-4-3-5-7-22/h3-13,23-24,27-28,30-31,39,41H,14-18H2,1-2H3/t23-,24?,27-,28-,30+,31+,32?,33-,34-,35+/m0/s1. The summed E-state index contributed by atoms with van der Waals surface area (Å²) in [6, 6.07) is 13.4. The third kappa shape index (κ3) is 4.05. The number of ketones is 2. The summed E-state index contributed by atoms with van der Waals surface area (Å²) in [6.45, 7) is 2.28. The van der Waals surface area contributed by atoms with Gasteiger partial charge in [0.25, 0.3) is 0 Å². The minimum absolute atomic E-state index is 0.00273. The van der Waals surface area contributed by atoms with Crippen LogP contribution >= 0.6 is 0 Å². The number of carbonyl (C=O) groups is 2. The Morgan fingerprint density at radius 3 is 2.58 bits per heavy atom. The number of ether oxygens (including phenoxy) is 3. The van der Waals surface area contributed by atoms with Gasteiger partial charge in [0.1, 0.15) is 31.0 Å². The summed E-state index contributed by atoms with van der Waals surface area (Å²) in [5.41, 5.74) is -6.39. The molecule has 7 rings (SSSR count). The summed E-state index contributed by atoms with van der Waals surface area (Å²) in [7, 11) is 0. The van der Waals surface area contributed by atoms with Gasteiger partial charge < -0.3 is 24.4 Å². The van der Waals surface area contributed by atoms with Crippen LogP contribution < -0.4 is 4.74 Å². The predicted octanol–water partition coefficient (Wildman–Crippen LogP) is 5.05. The first-order valence-corrected chi connectivity index (χ1v) is 15.3. The molecule has 7 nitrogen and oxygen atoms in total. The van der Waals surface area contributed by atoms with Crippen molar-refractivity contribution in [2.24, 2.45) is 22.7 Å². The van der Waals surface area contributed by atoms with E-state index < -0.39 is 82.6 Å². The minimum Gasteiger partial charge on any atom is -0.489 e. The molecule has 4 aliphatic carbocycles. The van der Waals surface area contributed by atoms with Crippen LogP contribution in [0.2, 0.25) is 0 Å². The highest BCUT2D eigenvalue weighted by Gasteiger charge is 2.80. The van der Waals surface area contributed by atoms with Gasteiger partial charge in [-0.15, -0.1) is 0 Å². The quantitative estimate of drug-likeness (QED) is 0.464.